The second-order valence-electron chi connectivity index (χ2n) is 12.3. The van der Waals surface area contributed by atoms with Crippen LogP contribution in [0.5, 0.6) is 0 Å². The molecule has 0 fully saturated rings. The summed E-state index contributed by atoms with van der Waals surface area (Å²) in [6.45, 7) is 0. The smallest absolute Gasteiger partial charge is 0.289 e. The van der Waals surface area contributed by atoms with Crippen LogP contribution in [0.15, 0.2) is 149 Å². The van der Waals surface area contributed by atoms with Crippen LogP contribution < -0.4 is 20.4 Å². The van der Waals surface area contributed by atoms with E-state index in [2.05, 4.69) is 9.44 Å². The Hall–Kier alpha value is -5.47. The van der Waals surface area contributed by atoms with Crippen molar-refractivity contribution in [2.45, 2.75) is 27.8 Å². The molecule has 0 bridgehead atoms. The van der Waals surface area contributed by atoms with Crippen LogP contribution in [0.4, 0.5) is 24.5 Å². The lowest BCUT2D eigenvalue weighted by Crippen LogP contribution is -2.27. The largest absolute Gasteiger partial charge is 0.416 e. The molecule has 2 amide bonds. The van der Waals surface area contributed by atoms with Gasteiger partial charge in [0.2, 0.25) is 0 Å². The number of rotatable bonds is 12. The van der Waals surface area contributed by atoms with Gasteiger partial charge in [0.05, 0.1) is 26.6 Å². The summed E-state index contributed by atoms with van der Waals surface area (Å²) in [5.74, 6) is -3.02. The van der Waals surface area contributed by atoms with Gasteiger partial charge in [-0.3, -0.25) is 29.4 Å². The summed E-state index contributed by atoms with van der Waals surface area (Å²) in [6.07, 6.45) is -4.69. The molecule has 2 unspecified atom stereocenters. The Labute approximate surface area is 350 Å². The highest BCUT2D eigenvalue weighted by atomic mass is 35.5. The number of carbonyl (C=O) groups excluding carboxylic acids is 2. The second kappa shape index (κ2) is 19.1. The summed E-state index contributed by atoms with van der Waals surface area (Å²) >= 11 is 12.7. The molecule has 12 nitrogen and oxygen atoms in total. The van der Waals surface area contributed by atoms with Crippen LogP contribution >= 0.6 is 34.5 Å². The summed E-state index contributed by atoms with van der Waals surface area (Å²) in [5.41, 5.74) is 4.68. The van der Waals surface area contributed by atoms with Gasteiger partial charge in [0.1, 0.15) is 9.23 Å². The Morgan fingerprint density at radius 1 is 0.576 bits per heavy atom. The zero-order valence-corrected chi connectivity index (χ0v) is 33.9. The number of alkyl halides is 3. The standard InChI is InChI=1S/C21H17F3N2O4S.C18H14Cl2N2O4S2/c22-21(23,24)16-9-5-11-18(13-16)31(29,30)26-17-10-4-8-15(12-17)19(20(27)25-28)14-6-2-1-3-7-14;19-15-10-14(17(20)27-15)28(25,26)22-13-8-6-12(7-9-13)16(18(23)21-24)11-4-2-1-3-5-11/h1-13,19,26,28H,(H,25,27);1-10,16,22,24H,(H,21,23). The van der Waals surface area contributed by atoms with E-state index in [-0.39, 0.29) is 19.3 Å². The van der Waals surface area contributed by atoms with Crippen molar-refractivity contribution in [1.29, 1.82) is 0 Å². The van der Waals surface area contributed by atoms with Gasteiger partial charge in [-0.25, -0.2) is 27.8 Å². The van der Waals surface area contributed by atoms with E-state index in [0.717, 1.165) is 29.5 Å². The number of amides is 2. The van der Waals surface area contributed by atoms with Crippen LogP contribution in [0.25, 0.3) is 0 Å². The first kappa shape index (κ1) is 44.6. The quantitative estimate of drug-likeness (QED) is 0.0519. The summed E-state index contributed by atoms with van der Waals surface area (Å²) in [5, 5.41) is 18.2. The highest BCUT2D eigenvalue weighted by Gasteiger charge is 2.32. The van der Waals surface area contributed by atoms with Crippen LogP contribution in [0.3, 0.4) is 0 Å². The van der Waals surface area contributed by atoms with Crippen LogP contribution in [-0.2, 0) is 35.8 Å². The summed E-state index contributed by atoms with van der Waals surface area (Å²) in [7, 11) is -8.23. The van der Waals surface area contributed by atoms with Gasteiger partial charge in [-0.15, -0.1) is 11.3 Å². The topological polar surface area (TPSA) is 191 Å². The zero-order valence-electron chi connectivity index (χ0n) is 29.9. The number of hydroxylamine groups is 2. The molecule has 0 spiro atoms. The van der Waals surface area contributed by atoms with E-state index in [0.29, 0.717) is 34.0 Å². The number of carbonyl (C=O) groups is 2. The van der Waals surface area contributed by atoms with Gasteiger partial charge in [-0.1, -0.05) is 114 Å². The monoisotopic (exact) mass is 906 g/mol. The SMILES string of the molecule is O=C(NO)C(c1ccccc1)c1ccc(NS(=O)(=O)c2cc(Cl)sc2Cl)cc1.O=C(NO)C(c1ccccc1)c1cccc(NS(=O)(=O)c2cccc(C(F)(F)F)c2)c1. The van der Waals surface area contributed by atoms with Crippen LogP contribution in [0, 0.1) is 0 Å². The van der Waals surface area contributed by atoms with Crippen LogP contribution in [0.1, 0.15) is 39.7 Å². The minimum Gasteiger partial charge on any atom is -0.289 e. The van der Waals surface area contributed by atoms with E-state index < -0.39 is 60.3 Å². The number of nitrogens with one attached hydrogen (secondary N) is 4. The molecule has 2 atom stereocenters. The minimum atomic E-state index is -4.69. The molecule has 0 saturated heterocycles. The van der Waals surface area contributed by atoms with Crippen molar-refractivity contribution < 1.29 is 50.0 Å². The van der Waals surface area contributed by atoms with Crippen molar-refractivity contribution >= 4 is 77.8 Å². The lowest BCUT2D eigenvalue weighted by atomic mass is 9.90. The first-order chi connectivity index (χ1) is 27.9. The van der Waals surface area contributed by atoms with Gasteiger partial charge in [-0.05, 0) is 70.8 Å². The molecular formula is C39H31Cl2F3N4O8S3. The first-order valence-electron chi connectivity index (χ1n) is 16.8. The molecule has 59 heavy (non-hydrogen) atoms. The van der Waals surface area contributed by atoms with Gasteiger partial charge < -0.3 is 0 Å². The number of benzene rings is 5. The normalized spacial score (nSPS) is 12.6. The predicted octanol–water partition coefficient (Wildman–Crippen LogP) is 8.64. The zero-order chi connectivity index (χ0) is 43.0. The average molecular weight is 908 g/mol. The van der Waals surface area contributed by atoms with Crippen molar-refractivity contribution in [3.05, 3.63) is 176 Å². The molecule has 1 aromatic heterocycles. The molecule has 308 valence electrons. The van der Waals surface area contributed by atoms with Crippen molar-refractivity contribution in [3.63, 3.8) is 0 Å². The van der Waals surface area contributed by atoms with E-state index in [4.69, 9.17) is 33.6 Å². The van der Waals surface area contributed by atoms with Crippen LogP contribution in [0.2, 0.25) is 8.67 Å². The predicted molar refractivity (Wildman–Crippen MR) is 217 cm³/mol. The third kappa shape index (κ3) is 11.4. The Balaban J connectivity index is 0.000000225. The molecule has 0 aliphatic carbocycles. The molecule has 0 aliphatic heterocycles. The van der Waals surface area contributed by atoms with Gasteiger partial charge in [0, 0.05) is 11.4 Å². The fourth-order valence-corrected chi connectivity index (χ4v) is 10.0. The second-order valence-corrected chi connectivity index (χ2v) is 17.9. The molecule has 0 saturated carbocycles. The van der Waals surface area contributed by atoms with Crippen LogP contribution in [-0.4, -0.2) is 39.1 Å². The van der Waals surface area contributed by atoms with E-state index in [9.17, 15) is 39.6 Å². The Bertz CT molecular complexity index is 2640. The van der Waals surface area contributed by atoms with Crippen molar-refractivity contribution in [2.24, 2.45) is 0 Å². The third-order valence-electron chi connectivity index (χ3n) is 8.37. The molecule has 0 radical (unpaired) electrons. The van der Waals surface area contributed by atoms with E-state index >= 15 is 0 Å². The maximum Gasteiger partial charge on any atom is 0.416 e. The Morgan fingerprint density at radius 2 is 1.07 bits per heavy atom. The molecule has 20 heteroatoms. The molecule has 5 aromatic carbocycles. The number of halogens is 5. The molecular weight excluding hydrogens is 877 g/mol. The lowest BCUT2D eigenvalue weighted by Gasteiger charge is -2.17. The van der Waals surface area contributed by atoms with Gasteiger partial charge in [-0.2, -0.15) is 13.2 Å². The fourth-order valence-electron chi connectivity index (χ4n) is 5.71. The molecule has 0 aliphatic rings. The molecule has 1 heterocycles. The highest BCUT2D eigenvalue weighted by Crippen LogP contribution is 2.36. The number of sulfonamides is 2. The van der Waals surface area contributed by atoms with Gasteiger partial charge in [0.15, 0.2) is 0 Å². The van der Waals surface area contributed by atoms with Crippen molar-refractivity contribution in [1.82, 2.24) is 11.0 Å². The highest BCUT2D eigenvalue weighted by molar-refractivity contribution is 7.93. The number of hydrogen-bond donors (Lipinski definition) is 6. The summed E-state index contributed by atoms with van der Waals surface area (Å²) in [6, 6.07) is 34.1. The lowest BCUT2D eigenvalue weighted by molar-refractivity contribution is -0.137. The average Bonchev–Trinajstić information content (AvgIpc) is 3.57. The molecule has 6 aromatic rings. The fraction of sp³-hybridized carbons (Fsp3) is 0.0769. The summed E-state index contributed by atoms with van der Waals surface area (Å²) in [4.78, 5) is 23.8. The number of thiophene rings is 1. The summed E-state index contributed by atoms with van der Waals surface area (Å²) < 4.78 is 94.0. The first-order valence-corrected chi connectivity index (χ1v) is 21.3. The maximum atomic E-state index is 12.9. The van der Waals surface area contributed by atoms with Gasteiger partial charge >= 0.3 is 6.18 Å². The van der Waals surface area contributed by atoms with E-state index in [1.165, 1.54) is 36.4 Å². The van der Waals surface area contributed by atoms with Crippen molar-refractivity contribution in [3.8, 4) is 0 Å². The molecule has 6 N–H and O–H groups in total. The minimum absolute atomic E-state index is 0.0431. The van der Waals surface area contributed by atoms with E-state index in [1.54, 1.807) is 83.8 Å². The number of hydrogen-bond acceptors (Lipinski definition) is 9. The number of anilines is 2. The Kier molecular flexibility index (Phi) is 14.4. The van der Waals surface area contributed by atoms with Crippen molar-refractivity contribution in [2.75, 3.05) is 9.44 Å². The van der Waals surface area contributed by atoms with Gasteiger partial charge in [0.25, 0.3) is 31.9 Å². The Morgan fingerprint density at radius 3 is 1.58 bits per heavy atom. The van der Waals surface area contributed by atoms with E-state index in [1.807, 2.05) is 6.07 Å². The maximum absolute atomic E-state index is 12.9. The molecule has 6 rings (SSSR count). The third-order valence-corrected chi connectivity index (χ3v) is 12.9.